The Kier molecular flexibility index (Phi) is 9.68. The first-order valence-electron chi connectivity index (χ1n) is 10.5. The number of carbonyl (C=O) groups is 2. The molecule has 0 unspecified atom stereocenters. The molecular formula is C23H30ClN3O4S. The van der Waals surface area contributed by atoms with Gasteiger partial charge in [0.2, 0.25) is 21.8 Å². The van der Waals surface area contributed by atoms with Crippen molar-refractivity contribution in [2.24, 2.45) is 0 Å². The van der Waals surface area contributed by atoms with Crippen molar-refractivity contribution in [1.82, 2.24) is 14.5 Å². The Morgan fingerprint density at radius 3 is 2.28 bits per heavy atom. The van der Waals surface area contributed by atoms with Gasteiger partial charge in [-0.3, -0.25) is 9.59 Å². The van der Waals surface area contributed by atoms with Crippen LogP contribution in [0.4, 0.5) is 0 Å². The van der Waals surface area contributed by atoms with Crippen molar-refractivity contribution >= 4 is 33.4 Å². The highest BCUT2D eigenvalue weighted by molar-refractivity contribution is 7.89. The van der Waals surface area contributed by atoms with Gasteiger partial charge < -0.3 is 10.2 Å². The monoisotopic (exact) mass is 479 g/mol. The predicted octanol–water partition coefficient (Wildman–Crippen LogP) is 3.29. The van der Waals surface area contributed by atoms with Crippen LogP contribution in [0.25, 0.3) is 0 Å². The Labute approximate surface area is 195 Å². The first-order chi connectivity index (χ1) is 15.2. The van der Waals surface area contributed by atoms with Crippen LogP contribution in [0.1, 0.15) is 32.3 Å². The number of benzene rings is 2. The van der Waals surface area contributed by atoms with E-state index in [1.807, 2.05) is 19.1 Å². The standard InChI is InChI=1S/C23H30ClN3O4S/c1-4-25-23(29)18(2)27(17-19-12-14-20(24)15-13-19)22(28)11-8-16-26(3)32(30,31)21-9-6-5-7-10-21/h5-7,9-10,12-15,18H,4,8,11,16-17H2,1-3H3,(H,25,29)/t18-/m1/s1. The molecule has 0 bridgehead atoms. The molecule has 2 amide bonds. The molecule has 1 atom stereocenters. The van der Waals surface area contributed by atoms with Gasteiger partial charge in [0.25, 0.3) is 0 Å². The summed E-state index contributed by atoms with van der Waals surface area (Å²) in [6.07, 6.45) is 0.451. The molecule has 0 aliphatic heterocycles. The second-order valence-corrected chi connectivity index (χ2v) is 9.94. The summed E-state index contributed by atoms with van der Waals surface area (Å²) in [5.41, 5.74) is 0.850. The molecule has 0 saturated heterocycles. The number of carbonyl (C=O) groups excluding carboxylic acids is 2. The molecule has 0 fully saturated rings. The SMILES string of the molecule is CCNC(=O)[C@@H](C)N(Cc1ccc(Cl)cc1)C(=O)CCCN(C)S(=O)(=O)c1ccccc1. The zero-order chi connectivity index (χ0) is 23.7. The van der Waals surface area contributed by atoms with Crippen molar-refractivity contribution in [3.05, 3.63) is 65.2 Å². The Hall–Kier alpha value is -2.42. The van der Waals surface area contributed by atoms with Crippen LogP contribution in [-0.2, 0) is 26.2 Å². The van der Waals surface area contributed by atoms with Gasteiger partial charge in [0, 0.05) is 38.1 Å². The summed E-state index contributed by atoms with van der Waals surface area (Å²) in [6, 6.07) is 14.6. The lowest BCUT2D eigenvalue weighted by molar-refractivity contribution is -0.140. The van der Waals surface area contributed by atoms with Crippen LogP contribution in [0, 0.1) is 0 Å². The zero-order valence-electron chi connectivity index (χ0n) is 18.6. The van der Waals surface area contributed by atoms with Crippen LogP contribution in [-0.4, -0.2) is 55.6 Å². The summed E-state index contributed by atoms with van der Waals surface area (Å²) in [7, 11) is -2.12. The molecule has 2 aromatic carbocycles. The lowest BCUT2D eigenvalue weighted by Gasteiger charge is -2.29. The van der Waals surface area contributed by atoms with E-state index in [0.717, 1.165) is 5.56 Å². The maximum absolute atomic E-state index is 13.0. The van der Waals surface area contributed by atoms with E-state index in [4.69, 9.17) is 11.6 Å². The maximum atomic E-state index is 13.0. The van der Waals surface area contributed by atoms with E-state index in [1.165, 1.54) is 16.3 Å². The van der Waals surface area contributed by atoms with Crippen molar-refractivity contribution < 1.29 is 18.0 Å². The van der Waals surface area contributed by atoms with E-state index >= 15 is 0 Å². The summed E-state index contributed by atoms with van der Waals surface area (Å²) in [5.74, 6) is -0.456. The lowest BCUT2D eigenvalue weighted by atomic mass is 10.1. The molecule has 2 rings (SSSR count). The third kappa shape index (κ3) is 7.05. The maximum Gasteiger partial charge on any atom is 0.242 e. The number of nitrogens with zero attached hydrogens (tertiary/aromatic N) is 2. The van der Waals surface area contributed by atoms with Crippen LogP contribution in [0.3, 0.4) is 0 Å². The van der Waals surface area contributed by atoms with Crippen LogP contribution >= 0.6 is 11.6 Å². The fourth-order valence-corrected chi connectivity index (χ4v) is 4.54. The first-order valence-corrected chi connectivity index (χ1v) is 12.3. The van der Waals surface area contributed by atoms with E-state index in [9.17, 15) is 18.0 Å². The number of amides is 2. The van der Waals surface area contributed by atoms with Gasteiger partial charge in [0.05, 0.1) is 4.90 Å². The van der Waals surface area contributed by atoms with Crippen LogP contribution in [0.2, 0.25) is 5.02 Å². The third-order valence-corrected chi connectivity index (χ3v) is 7.22. The molecule has 0 aliphatic rings. The van der Waals surface area contributed by atoms with Gasteiger partial charge in [0.1, 0.15) is 6.04 Å². The summed E-state index contributed by atoms with van der Waals surface area (Å²) in [5, 5.41) is 3.34. The van der Waals surface area contributed by atoms with Gasteiger partial charge in [-0.2, -0.15) is 0 Å². The van der Waals surface area contributed by atoms with E-state index < -0.39 is 16.1 Å². The van der Waals surface area contributed by atoms with Crippen LogP contribution < -0.4 is 5.32 Å². The zero-order valence-corrected chi connectivity index (χ0v) is 20.2. The minimum Gasteiger partial charge on any atom is -0.355 e. The lowest BCUT2D eigenvalue weighted by Crippen LogP contribution is -2.47. The average Bonchev–Trinajstić information content (AvgIpc) is 2.78. The molecule has 0 saturated carbocycles. The fourth-order valence-electron chi connectivity index (χ4n) is 3.18. The molecule has 0 aliphatic carbocycles. The second-order valence-electron chi connectivity index (χ2n) is 7.46. The van der Waals surface area contributed by atoms with Gasteiger partial charge in [-0.15, -0.1) is 0 Å². The van der Waals surface area contributed by atoms with Gasteiger partial charge >= 0.3 is 0 Å². The number of hydrogen-bond donors (Lipinski definition) is 1. The number of rotatable bonds is 11. The van der Waals surface area contributed by atoms with Crippen LogP contribution in [0.5, 0.6) is 0 Å². The largest absolute Gasteiger partial charge is 0.355 e. The molecule has 9 heteroatoms. The van der Waals surface area contributed by atoms with Crippen molar-refractivity contribution in [3.8, 4) is 0 Å². The molecule has 0 aromatic heterocycles. The van der Waals surface area contributed by atoms with Crippen LogP contribution in [0.15, 0.2) is 59.5 Å². The summed E-state index contributed by atoms with van der Waals surface area (Å²) in [6.45, 7) is 4.41. The molecule has 0 spiro atoms. The highest BCUT2D eigenvalue weighted by atomic mass is 35.5. The van der Waals surface area contributed by atoms with Crippen molar-refractivity contribution in [1.29, 1.82) is 0 Å². The number of halogens is 1. The molecule has 0 heterocycles. The van der Waals surface area contributed by atoms with Crippen molar-refractivity contribution in [2.45, 2.75) is 44.2 Å². The Morgan fingerprint density at radius 2 is 1.69 bits per heavy atom. The summed E-state index contributed by atoms with van der Waals surface area (Å²) in [4.78, 5) is 27.1. The highest BCUT2D eigenvalue weighted by Crippen LogP contribution is 2.17. The minimum absolute atomic E-state index is 0.117. The van der Waals surface area contributed by atoms with Gasteiger partial charge in [-0.1, -0.05) is 41.9 Å². The summed E-state index contributed by atoms with van der Waals surface area (Å²) < 4.78 is 26.5. The average molecular weight is 480 g/mol. The Balaban J connectivity index is 2.05. The van der Waals surface area contributed by atoms with Gasteiger partial charge in [-0.25, -0.2) is 12.7 Å². The molecule has 0 radical (unpaired) electrons. The number of hydrogen-bond acceptors (Lipinski definition) is 4. The highest BCUT2D eigenvalue weighted by Gasteiger charge is 2.26. The molecule has 32 heavy (non-hydrogen) atoms. The second kappa shape index (κ2) is 12.0. The Bertz CT molecular complexity index is 998. The van der Waals surface area contributed by atoms with E-state index in [-0.39, 0.29) is 36.2 Å². The number of nitrogens with one attached hydrogen (secondary N) is 1. The molecule has 7 nitrogen and oxygen atoms in total. The number of likely N-dealkylation sites (N-methyl/N-ethyl adjacent to an activating group) is 1. The first kappa shape index (κ1) is 25.8. The third-order valence-electron chi connectivity index (χ3n) is 5.10. The fraction of sp³-hybridized carbons (Fsp3) is 0.391. The molecular weight excluding hydrogens is 450 g/mol. The predicted molar refractivity (Wildman–Crippen MR) is 126 cm³/mol. The molecule has 174 valence electrons. The van der Waals surface area contributed by atoms with E-state index in [1.54, 1.807) is 49.4 Å². The molecule has 2 aromatic rings. The number of sulfonamides is 1. The molecule has 1 N–H and O–H groups in total. The van der Waals surface area contributed by atoms with E-state index in [0.29, 0.717) is 18.0 Å². The van der Waals surface area contributed by atoms with Crippen molar-refractivity contribution in [3.63, 3.8) is 0 Å². The summed E-state index contributed by atoms with van der Waals surface area (Å²) >= 11 is 5.95. The smallest absolute Gasteiger partial charge is 0.242 e. The quantitative estimate of drug-likeness (QED) is 0.535. The van der Waals surface area contributed by atoms with E-state index in [2.05, 4.69) is 5.32 Å². The topological polar surface area (TPSA) is 86.8 Å². The Morgan fingerprint density at radius 1 is 1.06 bits per heavy atom. The van der Waals surface area contributed by atoms with Gasteiger partial charge in [0.15, 0.2) is 0 Å². The minimum atomic E-state index is -3.62. The normalized spacial score (nSPS) is 12.4. The van der Waals surface area contributed by atoms with Crippen molar-refractivity contribution in [2.75, 3.05) is 20.1 Å². The van der Waals surface area contributed by atoms with Gasteiger partial charge in [-0.05, 0) is 50.1 Å².